The average Bonchev–Trinajstić information content (AvgIpc) is 2.93. The maximum absolute atomic E-state index is 12.3. The van der Waals surface area contributed by atoms with Crippen LogP contribution in [0.3, 0.4) is 0 Å². The molecule has 2 aromatic carbocycles. The van der Waals surface area contributed by atoms with Gasteiger partial charge in [-0.1, -0.05) is 55.3 Å². The number of anilines is 1. The van der Waals surface area contributed by atoms with Gasteiger partial charge in [0.05, 0.1) is 6.04 Å². The maximum Gasteiger partial charge on any atom is 0.241 e. The number of nitrogens with two attached hydrogens (primary N) is 1. The van der Waals surface area contributed by atoms with Crippen molar-refractivity contribution in [3.05, 3.63) is 65.7 Å². The summed E-state index contributed by atoms with van der Waals surface area (Å²) in [6.45, 7) is 3.36. The summed E-state index contributed by atoms with van der Waals surface area (Å²) in [4.78, 5) is 14.8. The van der Waals surface area contributed by atoms with E-state index in [1.54, 1.807) is 0 Å². The molecule has 0 aliphatic carbocycles. The van der Waals surface area contributed by atoms with E-state index in [1.807, 2.05) is 42.5 Å². The van der Waals surface area contributed by atoms with Crippen molar-refractivity contribution in [2.24, 2.45) is 5.73 Å². The van der Waals surface area contributed by atoms with E-state index in [1.165, 1.54) is 44.3 Å². The van der Waals surface area contributed by atoms with Gasteiger partial charge in [-0.25, -0.2) is 0 Å². The number of benzene rings is 2. The normalized spacial score (nSPS) is 16.7. The van der Waals surface area contributed by atoms with E-state index in [9.17, 15) is 4.79 Å². The Balaban J connectivity index is 1.50. The maximum atomic E-state index is 12.3. The van der Waals surface area contributed by atoms with E-state index in [2.05, 4.69) is 22.3 Å². The Morgan fingerprint density at radius 1 is 0.923 bits per heavy atom. The lowest BCUT2D eigenvalue weighted by Gasteiger charge is -2.20. The number of carbonyl (C=O) groups excluding carboxylic acids is 1. The van der Waals surface area contributed by atoms with Crippen LogP contribution in [-0.4, -0.2) is 29.9 Å². The van der Waals surface area contributed by atoms with Crippen molar-refractivity contribution < 1.29 is 4.79 Å². The molecule has 1 unspecified atom stereocenters. The fraction of sp³-hybridized carbons (Fsp3) is 0.409. The van der Waals surface area contributed by atoms with Gasteiger partial charge >= 0.3 is 0 Å². The molecular formula is C22H29N3O. The predicted molar refractivity (Wildman–Crippen MR) is 107 cm³/mol. The number of nitrogens with zero attached hydrogens (tertiary/aromatic N) is 1. The third-order valence-corrected chi connectivity index (χ3v) is 4.96. The minimum absolute atomic E-state index is 0.144. The van der Waals surface area contributed by atoms with Crippen molar-refractivity contribution >= 4 is 11.6 Å². The molecule has 1 aliphatic heterocycles. The molecule has 138 valence electrons. The van der Waals surface area contributed by atoms with E-state index in [-0.39, 0.29) is 5.91 Å². The smallest absolute Gasteiger partial charge is 0.241 e. The Morgan fingerprint density at radius 2 is 1.58 bits per heavy atom. The molecule has 0 aromatic heterocycles. The summed E-state index contributed by atoms with van der Waals surface area (Å²) in [6.07, 6.45) is 5.84. The first-order valence-electron chi connectivity index (χ1n) is 9.62. The van der Waals surface area contributed by atoms with Gasteiger partial charge in [-0.15, -0.1) is 0 Å². The summed E-state index contributed by atoms with van der Waals surface area (Å²) in [5, 5.41) is 2.93. The first-order chi connectivity index (χ1) is 12.7. The lowest BCUT2D eigenvalue weighted by Crippen LogP contribution is -2.37. The third-order valence-electron chi connectivity index (χ3n) is 4.96. The molecule has 1 heterocycles. The molecule has 1 atom stereocenters. The van der Waals surface area contributed by atoms with Crippen LogP contribution in [-0.2, 0) is 17.8 Å². The third kappa shape index (κ3) is 5.68. The van der Waals surface area contributed by atoms with Gasteiger partial charge in [0, 0.05) is 12.2 Å². The Labute approximate surface area is 156 Å². The molecular weight excluding hydrogens is 322 g/mol. The molecule has 0 saturated carbocycles. The lowest BCUT2D eigenvalue weighted by molar-refractivity contribution is -0.117. The number of hydrogen-bond donors (Lipinski definition) is 2. The van der Waals surface area contributed by atoms with E-state index in [0.717, 1.165) is 17.8 Å². The van der Waals surface area contributed by atoms with Gasteiger partial charge in [0.2, 0.25) is 5.91 Å². The number of hydrogen-bond acceptors (Lipinski definition) is 3. The first-order valence-corrected chi connectivity index (χ1v) is 9.62. The molecule has 4 nitrogen and oxygen atoms in total. The number of rotatable bonds is 6. The fourth-order valence-electron chi connectivity index (χ4n) is 3.44. The summed E-state index contributed by atoms with van der Waals surface area (Å²) < 4.78 is 0. The highest BCUT2D eigenvalue weighted by Gasteiger charge is 2.14. The fourth-order valence-corrected chi connectivity index (χ4v) is 3.44. The van der Waals surface area contributed by atoms with Crippen LogP contribution in [0.5, 0.6) is 0 Å². The molecule has 0 bridgehead atoms. The van der Waals surface area contributed by atoms with Crippen molar-refractivity contribution in [3.8, 4) is 0 Å². The van der Waals surface area contributed by atoms with Crippen molar-refractivity contribution in [2.45, 2.75) is 44.7 Å². The minimum atomic E-state index is -0.547. The van der Waals surface area contributed by atoms with Gasteiger partial charge < -0.3 is 11.1 Å². The highest BCUT2D eigenvalue weighted by atomic mass is 16.2. The average molecular weight is 351 g/mol. The second-order valence-corrected chi connectivity index (χ2v) is 7.17. The van der Waals surface area contributed by atoms with Crippen molar-refractivity contribution in [1.82, 2.24) is 4.90 Å². The Hall–Kier alpha value is -2.17. The van der Waals surface area contributed by atoms with E-state index in [0.29, 0.717) is 6.42 Å². The molecule has 1 fully saturated rings. The molecule has 4 heteroatoms. The van der Waals surface area contributed by atoms with Crippen molar-refractivity contribution in [1.29, 1.82) is 0 Å². The topological polar surface area (TPSA) is 58.4 Å². The second-order valence-electron chi connectivity index (χ2n) is 7.17. The van der Waals surface area contributed by atoms with Crippen LogP contribution in [0, 0.1) is 0 Å². The Kier molecular flexibility index (Phi) is 6.81. The zero-order valence-electron chi connectivity index (χ0n) is 15.4. The number of nitrogens with one attached hydrogen (secondary N) is 1. The number of likely N-dealkylation sites (tertiary alicyclic amines) is 1. The standard InChI is InChI=1S/C22H29N3O/c23-21(16-18-8-4-3-5-9-18)22(26)24-20-12-10-19(11-13-20)17-25-14-6-1-2-7-15-25/h3-5,8-13,21H,1-2,6-7,14-17,23H2,(H,24,26). The highest BCUT2D eigenvalue weighted by molar-refractivity contribution is 5.94. The van der Waals surface area contributed by atoms with Crippen LogP contribution in [0.4, 0.5) is 5.69 Å². The van der Waals surface area contributed by atoms with Gasteiger partial charge in [-0.05, 0) is 55.6 Å². The SMILES string of the molecule is NC(Cc1ccccc1)C(=O)Nc1ccc(CN2CCCCCC2)cc1. The van der Waals surface area contributed by atoms with Crippen molar-refractivity contribution in [3.63, 3.8) is 0 Å². The van der Waals surface area contributed by atoms with E-state index >= 15 is 0 Å². The molecule has 1 saturated heterocycles. The van der Waals surface area contributed by atoms with E-state index < -0.39 is 6.04 Å². The van der Waals surface area contributed by atoms with Gasteiger partial charge in [0.15, 0.2) is 0 Å². The molecule has 2 aromatic rings. The van der Waals surface area contributed by atoms with Gasteiger partial charge in [-0.2, -0.15) is 0 Å². The zero-order valence-corrected chi connectivity index (χ0v) is 15.4. The van der Waals surface area contributed by atoms with Gasteiger partial charge in [-0.3, -0.25) is 9.69 Å². The summed E-state index contributed by atoms with van der Waals surface area (Å²) in [5.41, 5.74) is 9.21. The monoisotopic (exact) mass is 351 g/mol. The Morgan fingerprint density at radius 3 is 2.23 bits per heavy atom. The second kappa shape index (κ2) is 9.51. The quantitative estimate of drug-likeness (QED) is 0.836. The highest BCUT2D eigenvalue weighted by Crippen LogP contribution is 2.15. The zero-order chi connectivity index (χ0) is 18.2. The van der Waals surface area contributed by atoms with Crippen LogP contribution in [0.2, 0.25) is 0 Å². The van der Waals surface area contributed by atoms with Crippen molar-refractivity contribution in [2.75, 3.05) is 18.4 Å². The molecule has 3 N–H and O–H groups in total. The summed E-state index contributed by atoms with van der Waals surface area (Å²) in [7, 11) is 0. The van der Waals surface area contributed by atoms with Gasteiger partial charge in [0.25, 0.3) is 0 Å². The predicted octanol–water partition coefficient (Wildman–Crippen LogP) is 3.57. The van der Waals surface area contributed by atoms with E-state index in [4.69, 9.17) is 5.73 Å². The summed E-state index contributed by atoms with van der Waals surface area (Å²) >= 11 is 0. The lowest BCUT2D eigenvalue weighted by atomic mass is 10.1. The number of carbonyl (C=O) groups is 1. The van der Waals surface area contributed by atoms with Crippen LogP contribution in [0.1, 0.15) is 36.8 Å². The molecule has 1 amide bonds. The summed E-state index contributed by atoms with van der Waals surface area (Å²) in [5.74, 6) is -0.144. The largest absolute Gasteiger partial charge is 0.325 e. The van der Waals surface area contributed by atoms with Crippen LogP contribution >= 0.6 is 0 Å². The van der Waals surface area contributed by atoms with Crippen LogP contribution in [0.15, 0.2) is 54.6 Å². The molecule has 1 aliphatic rings. The molecule has 3 rings (SSSR count). The molecule has 0 spiro atoms. The minimum Gasteiger partial charge on any atom is -0.325 e. The molecule has 26 heavy (non-hydrogen) atoms. The molecule has 0 radical (unpaired) electrons. The Bertz CT molecular complexity index is 676. The first kappa shape index (κ1) is 18.6. The van der Waals surface area contributed by atoms with Crippen LogP contribution < -0.4 is 11.1 Å². The number of amides is 1. The summed E-state index contributed by atoms with van der Waals surface area (Å²) in [6, 6.07) is 17.5. The van der Waals surface area contributed by atoms with Gasteiger partial charge in [0.1, 0.15) is 0 Å². The van der Waals surface area contributed by atoms with Crippen LogP contribution in [0.25, 0.3) is 0 Å².